The summed E-state index contributed by atoms with van der Waals surface area (Å²) in [5, 5.41) is 13.2. The van der Waals surface area contributed by atoms with Crippen LogP contribution in [-0.2, 0) is 28.6 Å². The van der Waals surface area contributed by atoms with E-state index in [9.17, 15) is 9.59 Å². The van der Waals surface area contributed by atoms with Crippen LogP contribution in [0.3, 0.4) is 0 Å². The number of piperidine rings is 1. The van der Waals surface area contributed by atoms with Crippen molar-refractivity contribution in [1.82, 2.24) is 4.90 Å². The zero-order valence-electron chi connectivity index (χ0n) is 19.2. The Morgan fingerprint density at radius 2 is 1.82 bits per heavy atom. The molecule has 0 bridgehead atoms. The van der Waals surface area contributed by atoms with Crippen molar-refractivity contribution < 1.29 is 28.6 Å². The Hall–Kier alpha value is -2.96. The van der Waals surface area contributed by atoms with Gasteiger partial charge in [0.05, 0.1) is 42.7 Å². The van der Waals surface area contributed by atoms with Gasteiger partial charge in [-0.25, -0.2) is 4.79 Å². The minimum Gasteiger partial charge on any atom is -0.465 e. The maximum Gasteiger partial charge on any atom is 0.332 e. The van der Waals surface area contributed by atoms with E-state index in [1.165, 1.54) is 0 Å². The van der Waals surface area contributed by atoms with Crippen molar-refractivity contribution in [3.63, 3.8) is 0 Å². The Morgan fingerprint density at radius 1 is 1.15 bits per heavy atom. The molecule has 1 aromatic carbocycles. The minimum absolute atomic E-state index is 0.123. The molecule has 0 saturated carbocycles. The number of hydrogen-bond donors (Lipinski definition) is 0. The van der Waals surface area contributed by atoms with Gasteiger partial charge in [-0.2, -0.15) is 5.26 Å². The largest absolute Gasteiger partial charge is 0.465 e. The molecule has 1 fully saturated rings. The maximum atomic E-state index is 11.9. The molecule has 0 spiro atoms. The highest BCUT2D eigenvalue weighted by atomic mass is 16.6. The molecule has 1 atom stereocenters. The summed E-state index contributed by atoms with van der Waals surface area (Å²) in [6, 6.07) is 9.36. The molecule has 0 N–H and O–H groups in total. The van der Waals surface area contributed by atoms with Crippen LogP contribution in [0.4, 0.5) is 0 Å². The molecule has 9 nitrogen and oxygen atoms in total. The molecule has 0 radical (unpaired) electrons. The fourth-order valence-corrected chi connectivity index (χ4v) is 4.19. The van der Waals surface area contributed by atoms with Gasteiger partial charge < -0.3 is 19.0 Å². The lowest BCUT2D eigenvalue weighted by Gasteiger charge is -2.42. The van der Waals surface area contributed by atoms with Crippen LogP contribution in [0.15, 0.2) is 29.4 Å². The third kappa shape index (κ3) is 7.01. The van der Waals surface area contributed by atoms with Crippen LogP contribution in [0.25, 0.3) is 0 Å². The predicted octanol–water partition coefficient (Wildman–Crippen LogP) is 2.42. The number of hydrogen-bond acceptors (Lipinski definition) is 9. The second-order valence-corrected chi connectivity index (χ2v) is 8.22. The first-order chi connectivity index (χ1) is 16.0. The van der Waals surface area contributed by atoms with Crippen molar-refractivity contribution in [2.45, 2.75) is 51.2 Å². The molecule has 1 saturated heterocycles. The van der Waals surface area contributed by atoms with E-state index in [0.717, 1.165) is 11.3 Å². The van der Waals surface area contributed by atoms with E-state index in [4.69, 9.17) is 24.3 Å². The molecule has 178 valence electrons. The number of nitriles is 1. The van der Waals surface area contributed by atoms with Gasteiger partial charge in [0.15, 0.2) is 0 Å². The van der Waals surface area contributed by atoms with Gasteiger partial charge in [0.25, 0.3) is 0 Å². The third-order valence-corrected chi connectivity index (χ3v) is 5.91. The number of esters is 2. The lowest BCUT2D eigenvalue weighted by molar-refractivity contribution is -0.164. The summed E-state index contributed by atoms with van der Waals surface area (Å²) in [6.07, 6.45) is 2.30. The van der Waals surface area contributed by atoms with Crippen LogP contribution < -0.4 is 0 Å². The van der Waals surface area contributed by atoms with Crippen LogP contribution in [-0.4, -0.2) is 73.7 Å². The van der Waals surface area contributed by atoms with Crippen LogP contribution in [0, 0.1) is 11.3 Å². The highest BCUT2D eigenvalue weighted by molar-refractivity contribution is 6.01. The number of oxime groups is 1. The average molecular weight is 458 g/mol. The molecule has 0 aromatic heterocycles. The number of carbonyl (C=O) groups is 2. The highest BCUT2D eigenvalue weighted by Crippen LogP contribution is 2.34. The third-order valence-electron chi connectivity index (χ3n) is 5.91. The highest BCUT2D eigenvalue weighted by Gasteiger charge is 2.41. The Balaban J connectivity index is 1.61. The van der Waals surface area contributed by atoms with Crippen LogP contribution in [0.1, 0.15) is 50.7 Å². The fourth-order valence-electron chi connectivity index (χ4n) is 4.19. The SMILES string of the molecule is CCOC(=O)COC1(CC2CC(c3ccc(C#N)cc3)=NO2)CCN(CC(=O)OCC)CC1. The summed E-state index contributed by atoms with van der Waals surface area (Å²) >= 11 is 0. The van der Waals surface area contributed by atoms with E-state index in [1.54, 1.807) is 26.0 Å². The molecule has 0 aliphatic carbocycles. The van der Waals surface area contributed by atoms with Gasteiger partial charge in [0.2, 0.25) is 0 Å². The second-order valence-electron chi connectivity index (χ2n) is 8.22. The quantitative estimate of drug-likeness (QED) is 0.493. The average Bonchev–Trinajstić information content (AvgIpc) is 3.28. The summed E-state index contributed by atoms with van der Waals surface area (Å²) in [6.45, 7) is 5.63. The fraction of sp³-hybridized carbons (Fsp3) is 0.583. The van der Waals surface area contributed by atoms with E-state index in [2.05, 4.69) is 11.2 Å². The van der Waals surface area contributed by atoms with Gasteiger partial charge in [-0.05, 0) is 44.4 Å². The van der Waals surface area contributed by atoms with Gasteiger partial charge in [-0.3, -0.25) is 9.69 Å². The molecule has 3 rings (SSSR count). The first-order valence-electron chi connectivity index (χ1n) is 11.4. The summed E-state index contributed by atoms with van der Waals surface area (Å²) < 4.78 is 16.2. The Kier molecular flexibility index (Phi) is 8.80. The maximum absolute atomic E-state index is 11.9. The first-order valence-corrected chi connectivity index (χ1v) is 11.4. The molecule has 2 aliphatic heterocycles. The molecule has 2 heterocycles. The van der Waals surface area contributed by atoms with Gasteiger partial charge >= 0.3 is 11.9 Å². The van der Waals surface area contributed by atoms with Crippen molar-refractivity contribution in [2.75, 3.05) is 39.5 Å². The lowest BCUT2D eigenvalue weighted by Crippen LogP contribution is -2.49. The number of rotatable bonds is 10. The molecule has 9 heteroatoms. The van der Waals surface area contributed by atoms with Gasteiger partial charge in [-0.1, -0.05) is 17.3 Å². The van der Waals surface area contributed by atoms with Crippen molar-refractivity contribution in [2.24, 2.45) is 5.16 Å². The van der Waals surface area contributed by atoms with Crippen molar-refractivity contribution in [3.8, 4) is 6.07 Å². The van der Waals surface area contributed by atoms with Crippen molar-refractivity contribution >= 4 is 17.7 Å². The zero-order chi connectivity index (χ0) is 23.7. The standard InChI is InChI=1S/C24H31N3O6/c1-3-30-22(28)16-27-11-9-24(10-12-27,32-17-23(29)31-4-2)14-20-13-21(26-33-20)19-7-5-18(15-25)6-8-19/h5-8,20H,3-4,9-14,16-17H2,1-2H3. The first kappa shape index (κ1) is 24.7. The smallest absolute Gasteiger partial charge is 0.332 e. The monoisotopic (exact) mass is 457 g/mol. The van der Waals surface area contributed by atoms with Crippen LogP contribution in [0.2, 0.25) is 0 Å². The normalized spacial score (nSPS) is 19.8. The predicted molar refractivity (Wildman–Crippen MR) is 119 cm³/mol. The van der Waals surface area contributed by atoms with Crippen molar-refractivity contribution in [1.29, 1.82) is 5.26 Å². The summed E-state index contributed by atoms with van der Waals surface area (Å²) in [5.41, 5.74) is 1.76. The van der Waals surface area contributed by atoms with E-state index < -0.39 is 11.6 Å². The summed E-state index contributed by atoms with van der Waals surface area (Å²) in [5.74, 6) is -0.635. The molecule has 33 heavy (non-hydrogen) atoms. The molecule has 1 aromatic rings. The number of benzene rings is 1. The second kappa shape index (κ2) is 11.8. The number of ether oxygens (including phenoxy) is 3. The van der Waals surface area contributed by atoms with E-state index in [-0.39, 0.29) is 25.2 Å². The number of carbonyl (C=O) groups excluding carboxylic acids is 2. The number of likely N-dealkylation sites (tertiary alicyclic amines) is 1. The van der Waals surface area contributed by atoms with E-state index in [0.29, 0.717) is 57.6 Å². The molecule has 2 aliphatic rings. The van der Waals surface area contributed by atoms with Gasteiger partial charge in [0.1, 0.15) is 12.7 Å². The summed E-state index contributed by atoms with van der Waals surface area (Å²) in [7, 11) is 0. The van der Waals surface area contributed by atoms with Gasteiger partial charge in [0, 0.05) is 25.9 Å². The van der Waals surface area contributed by atoms with Crippen LogP contribution >= 0.6 is 0 Å². The molecule has 0 amide bonds. The Morgan fingerprint density at radius 3 is 2.45 bits per heavy atom. The van der Waals surface area contributed by atoms with Gasteiger partial charge in [-0.15, -0.1) is 0 Å². The van der Waals surface area contributed by atoms with E-state index >= 15 is 0 Å². The van der Waals surface area contributed by atoms with Crippen LogP contribution in [0.5, 0.6) is 0 Å². The minimum atomic E-state index is -0.571. The molecular weight excluding hydrogens is 426 g/mol. The molecular formula is C24H31N3O6. The number of nitrogens with zero attached hydrogens (tertiary/aromatic N) is 3. The van der Waals surface area contributed by atoms with Crippen molar-refractivity contribution in [3.05, 3.63) is 35.4 Å². The molecule has 1 unspecified atom stereocenters. The summed E-state index contributed by atoms with van der Waals surface area (Å²) in [4.78, 5) is 31.5. The lowest BCUT2D eigenvalue weighted by atomic mass is 9.84. The topological polar surface area (TPSA) is 110 Å². The Bertz CT molecular complexity index is 884. The van der Waals surface area contributed by atoms with E-state index in [1.807, 2.05) is 17.0 Å². The Labute approximate surface area is 194 Å². The zero-order valence-corrected chi connectivity index (χ0v) is 19.2.